The van der Waals surface area contributed by atoms with E-state index >= 15 is 0 Å². The number of nitrogens with zero attached hydrogens (tertiary/aromatic N) is 4. The second-order valence-corrected chi connectivity index (χ2v) is 12.3. The fourth-order valence-corrected chi connectivity index (χ4v) is 7.17. The number of aromatic nitrogens is 3. The summed E-state index contributed by atoms with van der Waals surface area (Å²) in [6.45, 7) is 4.62. The second kappa shape index (κ2) is 12.4. The molecule has 0 aliphatic heterocycles. The average molecular weight is 574 g/mol. The van der Waals surface area contributed by atoms with Gasteiger partial charge in [-0.25, -0.2) is 12.8 Å². The van der Waals surface area contributed by atoms with Crippen LogP contribution < -0.4 is 0 Å². The van der Waals surface area contributed by atoms with Crippen LogP contribution in [0.1, 0.15) is 58.1 Å². The Hall–Kier alpha value is -1.85. The van der Waals surface area contributed by atoms with Crippen LogP contribution in [0, 0.1) is 17.7 Å². The van der Waals surface area contributed by atoms with E-state index in [2.05, 4.69) is 26.2 Å². The molecule has 11 heteroatoms. The van der Waals surface area contributed by atoms with Crippen molar-refractivity contribution < 1.29 is 22.3 Å². The summed E-state index contributed by atoms with van der Waals surface area (Å²) in [5, 5.41) is 8.47. The molecule has 0 radical (unpaired) electrons. The maximum Gasteiger partial charge on any atom is 0.324 e. The highest BCUT2D eigenvalue weighted by Gasteiger charge is 2.38. The van der Waals surface area contributed by atoms with E-state index in [1.54, 1.807) is 0 Å². The van der Waals surface area contributed by atoms with Gasteiger partial charge in [0, 0.05) is 30.2 Å². The molecule has 194 valence electrons. The highest BCUT2D eigenvalue weighted by atomic mass is 79.9. The summed E-state index contributed by atoms with van der Waals surface area (Å²) in [5.41, 5.74) is 0.646. The highest BCUT2D eigenvalue weighted by Crippen LogP contribution is 2.29. The molecule has 0 bridgehead atoms. The summed E-state index contributed by atoms with van der Waals surface area (Å²) in [6, 6.07) is 2.35. The third kappa shape index (κ3) is 7.33. The van der Waals surface area contributed by atoms with Crippen LogP contribution >= 0.6 is 15.9 Å². The van der Waals surface area contributed by atoms with Crippen molar-refractivity contribution in [3.63, 3.8) is 0 Å². The number of methoxy groups -OCH3 is 1. The summed E-state index contributed by atoms with van der Waals surface area (Å²) in [5.74, 6) is -0.587. The number of esters is 1. The van der Waals surface area contributed by atoms with Crippen molar-refractivity contribution >= 4 is 31.9 Å². The van der Waals surface area contributed by atoms with E-state index in [0.29, 0.717) is 11.6 Å². The van der Waals surface area contributed by atoms with Crippen molar-refractivity contribution in [3.8, 4) is 0 Å². The summed E-state index contributed by atoms with van der Waals surface area (Å²) in [4.78, 5) is 12.6. The normalized spacial score (nSPS) is 16.1. The Morgan fingerprint density at radius 3 is 2.63 bits per heavy atom. The molecule has 0 saturated heterocycles. The van der Waals surface area contributed by atoms with E-state index in [0.717, 1.165) is 23.0 Å². The van der Waals surface area contributed by atoms with E-state index in [-0.39, 0.29) is 34.7 Å². The van der Waals surface area contributed by atoms with Crippen molar-refractivity contribution in [1.82, 2.24) is 19.3 Å². The van der Waals surface area contributed by atoms with Gasteiger partial charge in [-0.15, -0.1) is 5.10 Å². The van der Waals surface area contributed by atoms with Crippen molar-refractivity contribution in [2.45, 2.75) is 76.3 Å². The van der Waals surface area contributed by atoms with Gasteiger partial charge in [-0.3, -0.25) is 9.48 Å². The van der Waals surface area contributed by atoms with Gasteiger partial charge in [0.2, 0.25) is 10.0 Å². The predicted octanol–water partition coefficient (Wildman–Crippen LogP) is 4.58. The Balaban J connectivity index is 1.86. The Kier molecular flexibility index (Phi) is 9.83. The van der Waals surface area contributed by atoms with Crippen LogP contribution in [0.4, 0.5) is 4.39 Å². The fourth-order valence-electron chi connectivity index (χ4n) is 4.57. The molecule has 1 heterocycles. The van der Waals surface area contributed by atoms with E-state index in [1.165, 1.54) is 45.3 Å². The maximum atomic E-state index is 13.7. The van der Waals surface area contributed by atoms with Crippen LogP contribution in [-0.2, 0) is 32.5 Å². The Morgan fingerprint density at radius 1 is 1.29 bits per heavy atom. The molecular formula is C24H34BrFN4O4S. The number of halogens is 2. The molecule has 8 nitrogen and oxygen atoms in total. The lowest BCUT2D eigenvalue weighted by molar-refractivity contribution is -0.145. The van der Waals surface area contributed by atoms with E-state index in [4.69, 9.17) is 4.74 Å². The van der Waals surface area contributed by atoms with Crippen LogP contribution in [-0.4, -0.2) is 53.4 Å². The van der Waals surface area contributed by atoms with Gasteiger partial charge < -0.3 is 4.74 Å². The van der Waals surface area contributed by atoms with E-state index in [1.807, 2.05) is 24.7 Å². The first-order valence-electron chi connectivity index (χ1n) is 12.1. The molecule has 0 unspecified atom stereocenters. The van der Waals surface area contributed by atoms with E-state index < -0.39 is 27.9 Å². The number of carbonyl (C=O) groups excluding carboxylic acids is 1. The number of sulfonamides is 1. The Bertz CT molecular complexity index is 1100. The number of ether oxygens (including phenoxy) is 1. The van der Waals surface area contributed by atoms with Gasteiger partial charge in [0.25, 0.3) is 0 Å². The Labute approximate surface area is 215 Å². The van der Waals surface area contributed by atoms with Gasteiger partial charge in [0.15, 0.2) is 0 Å². The highest BCUT2D eigenvalue weighted by molar-refractivity contribution is 9.10. The lowest BCUT2D eigenvalue weighted by Crippen LogP contribution is -2.47. The van der Waals surface area contributed by atoms with Crippen LogP contribution in [0.25, 0.3) is 0 Å². The molecule has 1 aromatic carbocycles. The van der Waals surface area contributed by atoms with Gasteiger partial charge in [-0.2, -0.15) is 4.31 Å². The standard InChI is InChI=1S/C24H34BrFN4O4S/c1-17(2)13-22(24(31)34-3)30(35(32,33)23-10-9-19(26)14-21(23)25)12-11-20-16-29(28-27-20)15-18-7-5-4-6-8-18/h9-10,14,16-18,22H,4-8,11-13,15H2,1-3H3/t22-/m0/s1. The summed E-state index contributed by atoms with van der Waals surface area (Å²) in [6.07, 6.45) is 8.53. The van der Waals surface area contributed by atoms with Gasteiger partial charge in [0.05, 0.1) is 17.7 Å². The molecule has 1 aromatic heterocycles. The van der Waals surface area contributed by atoms with Crippen LogP contribution in [0.3, 0.4) is 0 Å². The molecule has 1 aliphatic rings. The maximum absolute atomic E-state index is 13.7. The molecule has 3 rings (SSSR count). The van der Waals surface area contributed by atoms with Crippen LogP contribution in [0.5, 0.6) is 0 Å². The van der Waals surface area contributed by atoms with Gasteiger partial charge >= 0.3 is 5.97 Å². The summed E-state index contributed by atoms with van der Waals surface area (Å²) in [7, 11) is -2.93. The first kappa shape index (κ1) is 27.7. The monoisotopic (exact) mass is 572 g/mol. The van der Waals surface area contributed by atoms with Crippen molar-refractivity contribution in [2.75, 3.05) is 13.7 Å². The minimum Gasteiger partial charge on any atom is -0.468 e. The topological polar surface area (TPSA) is 94.4 Å². The number of carbonyl (C=O) groups is 1. The molecule has 1 saturated carbocycles. The minimum absolute atomic E-state index is 0.000752. The third-order valence-corrected chi connectivity index (χ3v) is 9.23. The first-order chi connectivity index (χ1) is 16.6. The summed E-state index contributed by atoms with van der Waals surface area (Å²) >= 11 is 3.16. The second-order valence-electron chi connectivity index (χ2n) is 9.54. The SMILES string of the molecule is COC(=O)[C@H](CC(C)C)N(CCc1cn(CC2CCCCC2)nn1)S(=O)(=O)c1ccc(F)cc1Br. The lowest BCUT2D eigenvalue weighted by atomic mass is 9.89. The molecule has 0 N–H and O–H groups in total. The molecule has 1 aliphatic carbocycles. The largest absolute Gasteiger partial charge is 0.468 e. The number of benzene rings is 1. The van der Waals surface area contributed by atoms with E-state index in [9.17, 15) is 17.6 Å². The predicted molar refractivity (Wildman–Crippen MR) is 134 cm³/mol. The zero-order chi connectivity index (χ0) is 25.6. The van der Waals surface area contributed by atoms with Gasteiger partial charge in [-0.05, 0) is 65.2 Å². The fraction of sp³-hybridized carbons (Fsp3) is 0.625. The zero-order valence-corrected chi connectivity index (χ0v) is 22.9. The smallest absolute Gasteiger partial charge is 0.324 e. The molecule has 0 amide bonds. The molecule has 1 atom stereocenters. The number of hydrogen-bond donors (Lipinski definition) is 0. The van der Waals surface area contributed by atoms with Crippen LogP contribution in [0.15, 0.2) is 33.8 Å². The van der Waals surface area contributed by atoms with Gasteiger partial charge in [0.1, 0.15) is 11.9 Å². The Morgan fingerprint density at radius 2 is 2.00 bits per heavy atom. The number of hydrogen-bond acceptors (Lipinski definition) is 6. The average Bonchev–Trinajstić information content (AvgIpc) is 3.25. The van der Waals surface area contributed by atoms with Crippen molar-refractivity contribution in [1.29, 1.82) is 0 Å². The van der Waals surface area contributed by atoms with Crippen molar-refractivity contribution in [2.24, 2.45) is 11.8 Å². The summed E-state index contributed by atoms with van der Waals surface area (Å²) < 4.78 is 49.1. The first-order valence-corrected chi connectivity index (χ1v) is 14.3. The molecule has 2 aromatic rings. The molecule has 35 heavy (non-hydrogen) atoms. The third-order valence-electron chi connectivity index (χ3n) is 6.34. The van der Waals surface area contributed by atoms with Crippen molar-refractivity contribution in [3.05, 3.63) is 40.4 Å². The van der Waals surface area contributed by atoms with Gasteiger partial charge in [-0.1, -0.05) is 38.3 Å². The lowest BCUT2D eigenvalue weighted by Gasteiger charge is -2.30. The van der Waals surface area contributed by atoms with Crippen LogP contribution in [0.2, 0.25) is 0 Å². The molecular weight excluding hydrogens is 539 g/mol. The zero-order valence-electron chi connectivity index (χ0n) is 20.5. The minimum atomic E-state index is -4.17. The quantitative estimate of drug-likeness (QED) is 0.366. The number of rotatable bonds is 11. The molecule has 1 fully saturated rings. The molecule has 0 spiro atoms.